The largest absolute Gasteiger partial charge is 0.391 e. The monoisotopic (exact) mass is 240 g/mol. The van der Waals surface area contributed by atoms with Gasteiger partial charge in [0.25, 0.3) is 0 Å². The van der Waals surface area contributed by atoms with E-state index in [-0.39, 0.29) is 6.61 Å². The van der Waals surface area contributed by atoms with Crippen molar-refractivity contribution < 1.29 is 5.11 Å². The highest BCUT2D eigenvalue weighted by atomic mass is 32.1. The smallest absolute Gasteiger partial charge is 0.185 e. The molecule has 16 heavy (non-hydrogen) atoms. The van der Waals surface area contributed by atoms with Gasteiger partial charge in [0.05, 0.1) is 17.2 Å². The van der Waals surface area contributed by atoms with Crippen LogP contribution in [0.15, 0.2) is 0 Å². The Bertz CT molecular complexity index is 347. The highest BCUT2D eigenvalue weighted by molar-refractivity contribution is 7.15. The number of aryl methyl sites for hydroxylation is 1. The molecule has 0 aromatic carbocycles. The van der Waals surface area contributed by atoms with Crippen LogP contribution in [-0.2, 0) is 13.0 Å². The third-order valence-electron chi connectivity index (χ3n) is 3.32. The molecule has 0 radical (unpaired) electrons. The average Bonchev–Trinajstić information content (AvgIpc) is 2.59. The van der Waals surface area contributed by atoms with Gasteiger partial charge in [0, 0.05) is 13.1 Å². The van der Waals surface area contributed by atoms with Crippen LogP contribution in [0.4, 0.5) is 5.13 Å². The van der Waals surface area contributed by atoms with Gasteiger partial charge in [0.15, 0.2) is 5.13 Å². The number of thiazole rings is 1. The number of anilines is 1. The van der Waals surface area contributed by atoms with Gasteiger partial charge in [0.2, 0.25) is 0 Å². The first-order valence-electron chi connectivity index (χ1n) is 6.08. The second kappa shape index (κ2) is 5.15. The Morgan fingerprint density at radius 3 is 2.75 bits per heavy atom. The SMILES string of the molecule is CCCc1nc(N(C)C2CCC2)sc1CO. The lowest BCUT2D eigenvalue weighted by Crippen LogP contribution is -2.37. The molecule has 90 valence electrons. The van der Waals surface area contributed by atoms with Crippen molar-refractivity contribution in [3.05, 3.63) is 10.6 Å². The van der Waals surface area contributed by atoms with E-state index in [1.807, 2.05) is 0 Å². The Labute approximate surface area is 101 Å². The summed E-state index contributed by atoms with van der Waals surface area (Å²) in [7, 11) is 2.12. The number of aliphatic hydroxyl groups is 1. The van der Waals surface area contributed by atoms with E-state index in [2.05, 4.69) is 23.9 Å². The van der Waals surface area contributed by atoms with E-state index in [4.69, 9.17) is 0 Å². The van der Waals surface area contributed by atoms with Crippen LogP contribution >= 0.6 is 11.3 Å². The van der Waals surface area contributed by atoms with Crippen molar-refractivity contribution in [1.29, 1.82) is 0 Å². The molecule has 0 unspecified atom stereocenters. The number of hydrogen-bond acceptors (Lipinski definition) is 4. The molecule has 1 heterocycles. The number of hydrogen-bond donors (Lipinski definition) is 1. The molecule has 1 aromatic heterocycles. The van der Waals surface area contributed by atoms with Crippen molar-refractivity contribution in [3.63, 3.8) is 0 Å². The molecule has 0 bridgehead atoms. The summed E-state index contributed by atoms with van der Waals surface area (Å²) >= 11 is 1.65. The molecule has 0 saturated heterocycles. The van der Waals surface area contributed by atoms with Gasteiger partial charge in [-0.05, 0) is 25.7 Å². The van der Waals surface area contributed by atoms with Crippen LogP contribution in [-0.4, -0.2) is 23.2 Å². The topological polar surface area (TPSA) is 36.4 Å². The Balaban J connectivity index is 2.13. The molecule has 0 atom stereocenters. The van der Waals surface area contributed by atoms with Gasteiger partial charge >= 0.3 is 0 Å². The molecule has 1 aliphatic rings. The van der Waals surface area contributed by atoms with Gasteiger partial charge < -0.3 is 10.0 Å². The van der Waals surface area contributed by atoms with Crippen LogP contribution in [0, 0.1) is 0 Å². The quantitative estimate of drug-likeness (QED) is 0.859. The van der Waals surface area contributed by atoms with Crippen molar-refractivity contribution in [2.75, 3.05) is 11.9 Å². The molecular formula is C12H20N2OS. The van der Waals surface area contributed by atoms with Gasteiger partial charge in [0.1, 0.15) is 0 Å². The van der Waals surface area contributed by atoms with Crippen LogP contribution in [0.1, 0.15) is 43.2 Å². The summed E-state index contributed by atoms with van der Waals surface area (Å²) in [5.41, 5.74) is 1.09. The predicted octanol–water partition coefficient (Wildman–Crippen LogP) is 2.58. The number of aromatic nitrogens is 1. The molecule has 4 heteroatoms. The van der Waals surface area contributed by atoms with Crippen molar-refractivity contribution >= 4 is 16.5 Å². The van der Waals surface area contributed by atoms with Crippen LogP contribution in [0.3, 0.4) is 0 Å². The molecule has 1 aromatic rings. The summed E-state index contributed by atoms with van der Waals surface area (Å²) < 4.78 is 0. The van der Waals surface area contributed by atoms with Crippen LogP contribution in [0.5, 0.6) is 0 Å². The second-order valence-corrected chi connectivity index (χ2v) is 5.53. The maximum atomic E-state index is 9.30. The van der Waals surface area contributed by atoms with E-state index in [1.54, 1.807) is 11.3 Å². The van der Waals surface area contributed by atoms with E-state index in [9.17, 15) is 5.11 Å². The van der Waals surface area contributed by atoms with Crippen molar-refractivity contribution in [1.82, 2.24) is 4.98 Å². The third-order valence-corrected chi connectivity index (χ3v) is 4.49. The zero-order valence-electron chi connectivity index (χ0n) is 10.1. The molecule has 0 aliphatic heterocycles. The Morgan fingerprint density at radius 2 is 2.25 bits per heavy atom. The first-order valence-corrected chi connectivity index (χ1v) is 6.90. The van der Waals surface area contributed by atoms with Crippen molar-refractivity contribution in [2.24, 2.45) is 0 Å². The summed E-state index contributed by atoms with van der Waals surface area (Å²) in [5.74, 6) is 0. The predicted molar refractivity (Wildman–Crippen MR) is 68.1 cm³/mol. The normalized spacial score (nSPS) is 16.2. The lowest BCUT2D eigenvalue weighted by atomic mass is 9.92. The van der Waals surface area contributed by atoms with Gasteiger partial charge in [-0.15, -0.1) is 0 Å². The molecule has 1 saturated carbocycles. The molecule has 1 N–H and O–H groups in total. The summed E-state index contributed by atoms with van der Waals surface area (Å²) in [6.45, 7) is 2.28. The lowest BCUT2D eigenvalue weighted by molar-refractivity contribution is 0.284. The fourth-order valence-electron chi connectivity index (χ4n) is 2.01. The van der Waals surface area contributed by atoms with Gasteiger partial charge in [-0.25, -0.2) is 4.98 Å². The summed E-state index contributed by atoms with van der Waals surface area (Å²) in [5, 5.41) is 10.4. The van der Waals surface area contributed by atoms with Gasteiger partial charge in [-0.1, -0.05) is 24.7 Å². The van der Waals surface area contributed by atoms with Crippen molar-refractivity contribution in [3.8, 4) is 0 Å². The first kappa shape index (κ1) is 11.9. The van der Waals surface area contributed by atoms with Gasteiger partial charge in [-0.3, -0.25) is 0 Å². The summed E-state index contributed by atoms with van der Waals surface area (Å²) in [6.07, 6.45) is 5.98. The Morgan fingerprint density at radius 1 is 1.50 bits per heavy atom. The molecule has 0 spiro atoms. The van der Waals surface area contributed by atoms with E-state index in [0.717, 1.165) is 28.5 Å². The number of nitrogens with zero attached hydrogens (tertiary/aromatic N) is 2. The van der Waals surface area contributed by atoms with Crippen LogP contribution in [0.25, 0.3) is 0 Å². The Kier molecular flexibility index (Phi) is 3.82. The van der Waals surface area contributed by atoms with E-state index < -0.39 is 0 Å². The van der Waals surface area contributed by atoms with E-state index >= 15 is 0 Å². The minimum atomic E-state index is 0.130. The second-order valence-electron chi connectivity index (χ2n) is 4.47. The maximum absolute atomic E-state index is 9.30. The van der Waals surface area contributed by atoms with Crippen molar-refractivity contribution in [2.45, 2.75) is 51.7 Å². The fraction of sp³-hybridized carbons (Fsp3) is 0.750. The van der Waals surface area contributed by atoms with E-state index in [0.29, 0.717) is 6.04 Å². The summed E-state index contributed by atoms with van der Waals surface area (Å²) in [4.78, 5) is 7.99. The fourth-order valence-corrected chi connectivity index (χ4v) is 3.01. The number of aliphatic hydroxyl groups excluding tert-OH is 1. The van der Waals surface area contributed by atoms with Crippen LogP contribution in [0.2, 0.25) is 0 Å². The standard InChI is InChI=1S/C12H20N2OS/c1-3-5-10-11(8-15)16-12(13-10)14(2)9-6-4-7-9/h9,15H,3-8H2,1-2H3. The minimum absolute atomic E-state index is 0.130. The zero-order valence-corrected chi connectivity index (χ0v) is 10.9. The van der Waals surface area contributed by atoms with Crippen LogP contribution < -0.4 is 4.90 Å². The maximum Gasteiger partial charge on any atom is 0.185 e. The number of rotatable bonds is 5. The Hall–Kier alpha value is -0.610. The minimum Gasteiger partial charge on any atom is -0.391 e. The molecular weight excluding hydrogens is 220 g/mol. The lowest BCUT2D eigenvalue weighted by Gasteiger charge is -2.34. The average molecular weight is 240 g/mol. The molecule has 1 aliphatic carbocycles. The first-order chi connectivity index (χ1) is 7.76. The van der Waals surface area contributed by atoms with E-state index in [1.165, 1.54) is 19.3 Å². The molecule has 1 fully saturated rings. The highest BCUT2D eigenvalue weighted by Crippen LogP contribution is 2.32. The molecule has 2 rings (SSSR count). The van der Waals surface area contributed by atoms with Gasteiger partial charge in [-0.2, -0.15) is 0 Å². The zero-order chi connectivity index (χ0) is 11.5. The summed E-state index contributed by atoms with van der Waals surface area (Å²) in [6, 6.07) is 0.673. The molecule has 0 amide bonds. The highest BCUT2D eigenvalue weighted by Gasteiger charge is 2.24. The third kappa shape index (κ3) is 2.23. The molecule has 3 nitrogen and oxygen atoms in total.